The van der Waals surface area contributed by atoms with Gasteiger partial charge in [0.15, 0.2) is 0 Å². The lowest BCUT2D eigenvalue weighted by Crippen LogP contribution is -2.17. The lowest BCUT2D eigenvalue weighted by molar-refractivity contribution is 0.615. The van der Waals surface area contributed by atoms with Gasteiger partial charge in [-0.3, -0.25) is 0 Å². The standard InChI is InChI=1S/C14H16ClFN2S/c1-8(2)12-7-19-14(18-12)13(17-3)9-4-10(15)6-11(16)5-9/h4-8,13,17H,1-3H3. The van der Waals surface area contributed by atoms with Crippen molar-refractivity contribution in [3.63, 3.8) is 0 Å². The van der Waals surface area contributed by atoms with E-state index in [9.17, 15) is 4.39 Å². The van der Waals surface area contributed by atoms with Gasteiger partial charge in [-0.05, 0) is 36.7 Å². The second-order valence-electron chi connectivity index (χ2n) is 4.69. The van der Waals surface area contributed by atoms with Crippen LogP contribution in [-0.2, 0) is 0 Å². The molecule has 0 aliphatic heterocycles. The molecule has 1 atom stereocenters. The van der Waals surface area contributed by atoms with Gasteiger partial charge in [0.2, 0.25) is 0 Å². The first kappa shape index (κ1) is 14.4. The highest BCUT2D eigenvalue weighted by Crippen LogP contribution is 2.29. The quantitative estimate of drug-likeness (QED) is 0.907. The number of nitrogens with zero attached hydrogens (tertiary/aromatic N) is 1. The zero-order valence-corrected chi connectivity index (χ0v) is 12.6. The molecule has 0 spiro atoms. The molecule has 1 unspecified atom stereocenters. The summed E-state index contributed by atoms with van der Waals surface area (Å²) in [5, 5.41) is 6.53. The van der Waals surface area contributed by atoms with E-state index in [0.717, 1.165) is 16.3 Å². The summed E-state index contributed by atoms with van der Waals surface area (Å²) >= 11 is 7.49. The fourth-order valence-electron chi connectivity index (χ4n) is 1.87. The molecule has 0 fully saturated rings. The van der Waals surface area contributed by atoms with Gasteiger partial charge in [0.05, 0.1) is 11.7 Å². The SMILES string of the molecule is CNC(c1cc(F)cc(Cl)c1)c1nc(C(C)C)cs1. The van der Waals surface area contributed by atoms with E-state index >= 15 is 0 Å². The zero-order chi connectivity index (χ0) is 14.0. The van der Waals surface area contributed by atoms with Crippen LogP contribution in [0.3, 0.4) is 0 Å². The molecule has 0 saturated heterocycles. The Morgan fingerprint density at radius 2 is 2.05 bits per heavy atom. The van der Waals surface area contributed by atoms with Crippen LogP contribution in [0.15, 0.2) is 23.6 Å². The predicted molar refractivity (Wildman–Crippen MR) is 78.5 cm³/mol. The van der Waals surface area contributed by atoms with Crippen molar-refractivity contribution in [2.45, 2.75) is 25.8 Å². The minimum atomic E-state index is -0.330. The fourth-order valence-corrected chi connectivity index (χ4v) is 3.22. The molecule has 0 bridgehead atoms. The van der Waals surface area contributed by atoms with Gasteiger partial charge in [0.25, 0.3) is 0 Å². The largest absolute Gasteiger partial charge is 0.307 e. The van der Waals surface area contributed by atoms with Gasteiger partial charge < -0.3 is 5.32 Å². The van der Waals surface area contributed by atoms with Crippen LogP contribution in [0.25, 0.3) is 0 Å². The summed E-state index contributed by atoms with van der Waals surface area (Å²) < 4.78 is 13.4. The van der Waals surface area contributed by atoms with Crippen molar-refractivity contribution in [2.24, 2.45) is 0 Å². The van der Waals surface area contributed by atoms with Gasteiger partial charge >= 0.3 is 0 Å². The summed E-state index contributed by atoms with van der Waals surface area (Å²) in [7, 11) is 1.83. The van der Waals surface area contributed by atoms with Crippen LogP contribution in [0.5, 0.6) is 0 Å². The van der Waals surface area contributed by atoms with Gasteiger partial charge in [-0.2, -0.15) is 0 Å². The van der Waals surface area contributed by atoms with Crippen LogP contribution < -0.4 is 5.32 Å². The monoisotopic (exact) mass is 298 g/mol. The second-order valence-corrected chi connectivity index (χ2v) is 6.02. The number of rotatable bonds is 4. The first-order valence-corrected chi connectivity index (χ1v) is 7.35. The topological polar surface area (TPSA) is 24.9 Å². The molecular weight excluding hydrogens is 283 g/mol. The number of hydrogen-bond acceptors (Lipinski definition) is 3. The van der Waals surface area contributed by atoms with Gasteiger partial charge in [-0.1, -0.05) is 25.4 Å². The maximum Gasteiger partial charge on any atom is 0.125 e. The molecule has 102 valence electrons. The molecule has 2 rings (SSSR count). The van der Waals surface area contributed by atoms with Gasteiger partial charge in [-0.25, -0.2) is 9.37 Å². The van der Waals surface area contributed by atoms with Crippen LogP contribution in [-0.4, -0.2) is 12.0 Å². The van der Waals surface area contributed by atoms with Crippen molar-refractivity contribution in [3.05, 3.63) is 50.7 Å². The smallest absolute Gasteiger partial charge is 0.125 e. The van der Waals surface area contributed by atoms with Gasteiger partial charge in [-0.15, -0.1) is 11.3 Å². The van der Waals surface area contributed by atoms with Crippen LogP contribution in [0.4, 0.5) is 4.39 Å². The molecule has 0 amide bonds. The molecule has 2 aromatic rings. The molecule has 0 radical (unpaired) electrons. The van der Waals surface area contributed by atoms with E-state index in [0.29, 0.717) is 10.9 Å². The lowest BCUT2D eigenvalue weighted by atomic mass is 10.1. The average molecular weight is 299 g/mol. The number of benzene rings is 1. The molecule has 1 N–H and O–H groups in total. The summed E-state index contributed by atoms with van der Waals surface area (Å²) in [6.07, 6.45) is 0. The maximum atomic E-state index is 13.4. The normalized spacial score (nSPS) is 12.9. The number of hydrogen-bond donors (Lipinski definition) is 1. The van der Waals surface area contributed by atoms with Crippen molar-refractivity contribution in [3.8, 4) is 0 Å². The van der Waals surface area contributed by atoms with Crippen molar-refractivity contribution in [1.82, 2.24) is 10.3 Å². The van der Waals surface area contributed by atoms with E-state index in [-0.39, 0.29) is 11.9 Å². The maximum absolute atomic E-state index is 13.4. The summed E-state index contributed by atoms with van der Waals surface area (Å²) in [4.78, 5) is 4.61. The van der Waals surface area contributed by atoms with Crippen LogP contribution in [0.1, 0.15) is 42.1 Å². The third-order valence-electron chi connectivity index (χ3n) is 2.89. The van der Waals surface area contributed by atoms with Crippen LogP contribution in [0.2, 0.25) is 5.02 Å². The third-order valence-corrected chi connectivity index (χ3v) is 4.03. The molecular formula is C14H16ClFN2S. The predicted octanol–water partition coefficient (Wildman–Crippen LogP) is 4.37. The summed E-state index contributed by atoms with van der Waals surface area (Å²) in [6, 6.07) is 4.43. The molecule has 1 aromatic carbocycles. The van der Waals surface area contributed by atoms with E-state index in [1.165, 1.54) is 12.1 Å². The summed E-state index contributed by atoms with van der Waals surface area (Å²) in [5.41, 5.74) is 1.85. The van der Waals surface area contributed by atoms with E-state index in [1.54, 1.807) is 17.4 Å². The average Bonchev–Trinajstić information content (AvgIpc) is 2.78. The minimum Gasteiger partial charge on any atom is -0.307 e. The Balaban J connectivity index is 2.37. The number of nitrogens with one attached hydrogen (secondary N) is 1. The molecule has 5 heteroatoms. The van der Waals surface area contributed by atoms with Crippen molar-refractivity contribution in [2.75, 3.05) is 7.05 Å². The molecule has 0 saturated carbocycles. The van der Waals surface area contributed by atoms with E-state index in [1.807, 2.05) is 12.4 Å². The summed E-state index contributed by atoms with van der Waals surface area (Å²) in [6.45, 7) is 4.21. The Hall–Kier alpha value is -0.970. The molecule has 2 nitrogen and oxygen atoms in total. The second kappa shape index (κ2) is 5.99. The zero-order valence-electron chi connectivity index (χ0n) is 11.1. The van der Waals surface area contributed by atoms with Crippen molar-refractivity contribution in [1.29, 1.82) is 0 Å². The Labute approximate surface area is 121 Å². The Bertz CT molecular complexity index is 548. The molecule has 1 heterocycles. The van der Waals surface area contributed by atoms with Gasteiger partial charge in [0, 0.05) is 10.4 Å². The first-order chi connectivity index (χ1) is 9.01. The number of aromatic nitrogens is 1. The minimum absolute atomic E-state index is 0.134. The van der Waals surface area contributed by atoms with E-state index < -0.39 is 0 Å². The number of thiazole rings is 1. The van der Waals surface area contributed by atoms with E-state index in [2.05, 4.69) is 24.1 Å². The highest BCUT2D eigenvalue weighted by molar-refractivity contribution is 7.09. The highest BCUT2D eigenvalue weighted by Gasteiger charge is 2.18. The molecule has 0 aliphatic carbocycles. The lowest BCUT2D eigenvalue weighted by Gasteiger charge is -2.14. The van der Waals surface area contributed by atoms with Gasteiger partial charge in [0.1, 0.15) is 10.8 Å². The Kier molecular flexibility index (Phi) is 4.55. The number of halogens is 2. The molecule has 0 aliphatic rings. The van der Waals surface area contributed by atoms with Crippen LogP contribution in [0, 0.1) is 5.82 Å². The van der Waals surface area contributed by atoms with E-state index in [4.69, 9.17) is 11.6 Å². The van der Waals surface area contributed by atoms with Crippen molar-refractivity contribution >= 4 is 22.9 Å². The Morgan fingerprint density at radius 3 is 2.58 bits per heavy atom. The molecule has 19 heavy (non-hydrogen) atoms. The fraction of sp³-hybridized carbons (Fsp3) is 0.357. The highest BCUT2D eigenvalue weighted by atomic mass is 35.5. The van der Waals surface area contributed by atoms with Crippen LogP contribution >= 0.6 is 22.9 Å². The van der Waals surface area contributed by atoms with Crippen molar-refractivity contribution < 1.29 is 4.39 Å². The summed E-state index contributed by atoms with van der Waals surface area (Å²) in [5.74, 6) is 0.0574. The third kappa shape index (κ3) is 3.32. The Morgan fingerprint density at radius 1 is 1.32 bits per heavy atom. The first-order valence-electron chi connectivity index (χ1n) is 6.10. The molecule has 1 aromatic heterocycles.